The van der Waals surface area contributed by atoms with Gasteiger partial charge in [0, 0.05) is 32.0 Å². The number of nitrogens with two attached hydrogens (primary N) is 1. The second-order valence-corrected chi connectivity index (χ2v) is 6.08. The molecule has 1 aromatic heterocycles. The maximum absolute atomic E-state index is 11.5. The summed E-state index contributed by atoms with van der Waals surface area (Å²) in [6, 6.07) is 1.76. The zero-order valence-electron chi connectivity index (χ0n) is 9.76. The van der Waals surface area contributed by atoms with Crippen LogP contribution in [-0.2, 0) is 16.4 Å². The van der Waals surface area contributed by atoms with Crippen molar-refractivity contribution in [1.82, 2.24) is 9.97 Å². The van der Waals surface area contributed by atoms with Crippen LogP contribution in [0.4, 0.5) is 5.82 Å². The van der Waals surface area contributed by atoms with E-state index in [-0.39, 0.29) is 11.7 Å². The van der Waals surface area contributed by atoms with Gasteiger partial charge in [0.1, 0.15) is 5.82 Å². The highest BCUT2D eigenvalue weighted by molar-refractivity contribution is 7.90. The Labute approximate surface area is 101 Å². The lowest BCUT2D eigenvalue weighted by atomic mass is 10.4. The minimum Gasteiger partial charge on any atom is -0.356 e. The van der Waals surface area contributed by atoms with E-state index in [0.29, 0.717) is 11.5 Å². The van der Waals surface area contributed by atoms with E-state index in [1.807, 2.05) is 0 Å². The van der Waals surface area contributed by atoms with Crippen LogP contribution in [0.3, 0.4) is 0 Å². The van der Waals surface area contributed by atoms with E-state index in [1.54, 1.807) is 6.07 Å². The zero-order valence-corrected chi connectivity index (χ0v) is 10.6. The lowest BCUT2D eigenvalue weighted by Gasteiger charge is -2.17. The smallest absolute Gasteiger partial charge is 0.249 e. The normalized spacial score (nSPS) is 16.5. The molecule has 7 heteroatoms. The van der Waals surface area contributed by atoms with E-state index in [9.17, 15) is 8.42 Å². The summed E-state index contributed by atoms with van der Waals surface area (Å²) < 4.78 is 23.0. The average Bonchev–Trinajstić information content (AvgIpc) is 2.80. The summed E-state index contributed by atoms with van der Waals surface area (Å²) >= 11 is 0. The second kappa shape index (κ2) is 4.58. The quantitative estimate of drug-likeness (QED) is 0.762. The van der Waals surface area contributed by atoms with Crippen molar-refractivity contribution in [3.8, 4) is 0 Å². The van der Waals surface area contributed by atoms with Crippen LogP contribution < -0.4 is 10.6 Å². The molecule has 2 heterocycles. The third-order valence-corrected chi connectivity index (χ3v) is 3.56. The molecule has 1 saturated heterocycles. The van der Waals surface area contributed by atoms with Crippen LogP contribution in [0, 0.1) is 0 Å². The molecule has 0 saturated carbocycles. The molecule has 0 aliphatic carbocycles. The molecule has 0 amide bonds. The maximum Gasteiger partial charge on any atom is 0.249 e. The van der Waals surface area contributed by atoms with Crippen LogP contribution in [0.2, 0.25) is 0 Å². The molecule has 0 aromatic carbocycles. The molecule has 1 fully saturated rings. The summed E-state index contributed by atoms with van der Waals surface area (Å²) in [6.45, 7) is 2.03. The van der Waals surface area contributed by atoms with Gasteiger partial charge in [-0.15, -0.1) is 0 Å². The average molecular weight is 256 g/mol. The van der Waals surface area contributed by atoms with Gasteiger partial charge in [-0.05, 0) is 12.8 Å². The van der Waals surface area contributed by atoms with Gasteiger partial charge in [0.15, 0.2) is 0 Å². The number of hydrogen-bond acceptors (Lipinski definition) is 6. The molecule has 1 aromatic rings. The van der Waals surface area contributed by atoms with Crippen molar-refractivity contribution in [1.29, 1.82) is 0 Å². The summed E-state index contributed by atoms with van der Waals surface area (Å²) in [5, 5.41) is -0.137. The molecule has 6 nitrogen and oxygen atoms in total. The predicted molar refractivity (Wildman–Crippen MR) is 64.5 cm³/mol. The van der Waals surface area contributed by atoms with Crippen molar-refractivity contribution in [3.05, 3.63) is 11.8 Å². The SMILES string of the molecule is CS(=O)(=O)c1nc(CN)cc(N2CCCC2)n1. The fraction of sp³-hybridized carbons (Fsp3) is 0.600. The van der Waals surface area contributed by atoms with Gasteiger partial charge in [-0.1, -0.05) is 0 Å². The molecule has 17 heavy (non-hydrogen) atoms. The van der Waals surface area contributed by atoms with Crippen molar-refractivity contribution in [3.63, 3.8) is 0 Å². The highest BCUT2D eigenvalue weighted by atomic mass is 32.2. The van der Waals surface area contributed by atoms with Crippen molar-refractivity contribution >= 4 is 15.7 Å². The van der Waals surface area contributed by atoms with Crippen LogP contribution in [0.25, 0.3) is 0 Å². The van der Waals surface area contributed by atoms with Crippen molar-refractivity contribution in [2.75, 3.05) is 24.2 Å². The molecule has 0 atom stereocenters. The molecule has 2 rings (SSSR count). The first-order valence-corrected chi connectivity index (χ1v) is 7.43. The van der Waals surface area contributed by atoms with E-state index >= 15 is 0 Å². The van der Waals surface area contributed by atoms with E-state index < -0.39 is 9.84 Å². The summed E-state index contributed by atoms with van der Waals surface area (Å²) in [4.78, 5) is 10.1. The molecular formula is C10H16N4O2S. The Balaban J connectivity index is 2.45. The van der Waals surface area contributed by atoms with E-state index in [4.69, 9.17) is 5.73 Å². The fourth-order valence-corrected chi connectivity index (χ4v) is 2.38. The van der Waals surface area contributed by atoms with Crippen LogP contribution in [0.15, 0.2) is 11.2 Å². The van der Waals surface area contributed by atoms with Gasteiger partial charge >= 0.3 is 0 Å². The number of hydrogen-bond donors (Lipinski definition) is 1. The standard InChI is InChI=1S/C10H16N4O2S/c1-17(15,16)10-12-8(7-11)6-9(13-10)14-4-2-3-5-14/h6H,2-5,7,11H2,1H3. The molecule has 0 radical (unpaired) electrons. The summed E-state index contributed by atoms with van der Waals surface area (Å²) in [6.07, 6.45) is 3.32. The van der Waals surface area contributed by atoms with Gasteiger partial charge in [0.2, 0.25) is 15.0 Å². The van der Waals surface area contributed by atoms with Gasteiger partial charge in [-0.3, -0.25) is 0 Å². The van der Waals surface area contributed by atoms with Gasteiger partial charge < -0.3 is 10.6 Å². The highest BCUT2D eigenvalue weighted by Crippen LogP contribution is 2.19. The first-order valence-electron chi connectivity index (χ1n) is 5.54. The highest BCUT2D eigenvalue weighted by Gasteiger charge is 2.19. The van der Waals surface area contributed by atoms with Crippen molar-refractivity contribution in [2.24, 2.45) is 5.73 Å². The van der Waals surface area contributed by atoms with E-state index in [0.717, 1.165) is 32.2 Å². The number of rotatable bonds is 3. The number of aromatic nitrogens is 2. The third-order valence-electron chi connectivity index (χ3n) is 2.72. The molecule has 0 bridgehead atoms. The first-order chi connectivity index (χ1) is 8.00. The largest absolute Gasteiger partial charge is 0.356 e. The molecule has 1 aliphatic rings. The van der Waals surface area contributed by atoms with E-state index in [1.165, 1.54) is 0 Å². The Morgan fingerprint density at radius 1 is 1.35 bits per heavy atom. The Morgan fingerprint density at radius 3 is 2.53 bits per heavy atom. The molecule has 0 unspecified atom stereocenters. The Bertz CT molecular complexity index is 509. The lowest BCUT2D eigenvalue weighted by molar-refractivity contribution is 0.591. The van der Waals surface area contributed by atoms with Crippen LogP contribution in [0.1, 0.15) is 18.5 Å². The van der Waals surface area contributed by atoms with Gasteiger partial charge in [-0.25, -0.2) is 18.4 Å². The van der Waals surface area contributed by atoms with Gasteiger partial charge in [0.25, 0.3) is 0 Å². The first kappa shape index (κ1) is 12.3. The van der Waals surface area contributed by atoms with E-state index in [2.05, 4.69) is 14.9 Å². The zero-order chi connectivity index (χ0) is 12.5. The predicted octanol–water partition coefficient (Wildman–Crippen LogP) is -0.0610. The van der Waals surface area contributed by atoms with Crippen LogP contribution >= 0.6 is 0 Å². The minimum atomic E-state index is -3.39. The van der Waals surface area contributed by atoms with Crippen LogP contribution in [0.5, 0.6) is 0 Å². The molecular weight excluding hydrogens is 240 g/mol. The Morgan fingerprint density at radius 2 is 2.00 bits per heavy atom. The fourth-order valence-electron chi connectivity index (χ4n) is 1.84. The number of anilines is 1. The maximum atomic E-state index is 11.5. The summed E-state index contributed by atoms with van der Waals surface area (Å²) in [5.41, 5.74) is 6.08. The van der Waals surface area contributed by atoms with Gasteiger partial charge in [0.05, 0.1) is 5.69 Å². The molecule has 0 spiro atoms. The van der Waals surface area contributed by atoms with Crippen LogP contribution in [-0.4, -0.2) is 37.7 Å². The summed E-state index contributed by atoms with van der Waals surface area (Å²) in [5.74, 6) is 0.665. The van der Waals surface area contributed by atoms with Gasteiger partial charge in [-0.2, -0.15) is 0 Å². The number of nitrogens with zero attached hydrogens (tertiary/aromatic N) is 3. The van der Waals surface area contributed by atoms with Crippen molar-refractivity contribution < 1.29 is 8.42 Å². The molecule has 2 N–H and O–H groups in total. The van der Waals surface area contributed by atoms with Crippen molar-refractivity contribution in [2.45, 2.75) is 24.5 Å². The molecule has 1 aliphatic heterocycles. The summed E-state index contributed by atoms with van der Waals surface area (Å²) in [7, 11) is -3.39. The number of sulfone groups is 1. The Hall–Kier alpha value is -1.21. The lowest BCUT2D eigenvalue weighted by Crippen LogP contribution is -2.21. The Kier molecular flexibility index (Phi) is 3.30. The second-order valence-electron chi connectivity index (χ2n) is 4.17. The minimum absolute atomic E-state index is 0.137. The molecule has 94 valence electrons. The topological polar surface area (TPSA) is 89.2 Å². The third kappa shape index (κ3) is 2.73. The monoisotopic (exact) mass is 256 g/mol.